The Morgan fingerprint density at radius 3 is 2.45 bits per heavy atom. The normalized spacial score (nSPS) is 14.1. The van der Waals surface area contributed by atoms with Crippen LogP contribution in [0.4, 0.5) is 16.3 Å². The van der Waals surface area contributed by atoms with Crippen LogP contribution in [0.5, 0.6) is 0 Å². The second kappa shape index (κ2) is 8.49. The van der Waals surface area contributed by atoms with Gasteiger partial charge in [-0.2, -0.15) is 4.37 Å². The molecule has 1 N–H and O–H groups in total. The van der Waals surface area contributed by atoms with Crippen LogP contribution in [0.25, 0.3) is 21.5 Å². The fourth-order valence-electron chi connectivity index (χ4n) is 3.62. The van der Waals surface area contributed by atoms with Crippen LogP contribution in [-0.4, -0.2) is 51.5 Å². The lowest BCUT2D eigenvalue weighted by molar-refractivity contribution is 0.208. The smallest absolute Gasteiger partial charge is 0.321 e. The zero-order valence-electron chi connectivity index (χ0n) is 16.5. The number of aromatic nitrogens is 3. The predicted octanol–water partition coefficient (Wildman–Crippen LogP) is 4.76. The molecule has 9 heteroatoms. The number of nitrogens with one attached hydrogen (secondary N) is 1. The average molecular weight is 451 g/mol. The molecule has 0 saturated carbocycles. The van der Waals surface area contributed by atoms with Gasteiger partial charge in [-0.15, -0.1) is 0 Å². The second-order valence-corrected chi connectivity index (χ2v) is 8.39. The molecule has 0 spiro atoms. The van der Waals surface area contributed by atoms with E-state index in [9.17, 15) is 4.79 Å². The van der Waals surface area contributed by atoms with E-state index in [1.165, 1.54) is 11.5 Å². The lowest BCUT2D eigenvalue weighted by Gasteiger charge is -2.35. The molecule has 2 amide bonds. The minimum absolute atomic E-state index is 0.112. The van der Waals surface area contributed by atoms with Crippen molar-refractivity contribution in [1.82, 2.24) is 19.2 Å². The number of urea groups is 1. The molecule has 3 heterocycles. The molecule has 0 aliphatic carbocycles. The van der Waals surface area contributed by atoms with Crippen LogP contribution in [0.2, 0.25) is 5.02 Å². The number of rotatable bonds is 3. The molecule has 31 heavy (non-hydrogen) atoms. The van der Waals surface area contributed by atoms with E-state index in [-0.39, 0.29) is 6.03 Å². The largest absolute Gasteiger partial charge is 0.352 e. The standard InChI is InChI=1S/C22H19ClN6OS/c23-16-6-8-17(9-7-16)26-22(30)29-12-10-28(11-13-29)21-20-19(24-14-25-21)18(27-31-20)15-4-2-1-3-5-15/h1-9,14H,10-13H2,(H,26,30). The van der Waals surface area contributed by atoms with Crippen molar-refractivity contribution < 1.29 is 4.79 Å². The van der Waals surface area contributed by atoms with E-state index < -0.39 is 0 Å². The van der Waals surface area contributed by atoms with Crippen molar-refractivity contribution in [1.29, 1.82) is 0 Å². The van der Waals surface area contributed by atoms with Crippen LogP contribution >= 0.6 is 23.1 Å². The topological polar surface area (TPSA) is 74.2 Å². The number of benzene rings is 2. The third kappa shape index (κ3) is 4.04. The Morgan fingerprint density at radius 2 is 1.71 bits per heavy atom. The maximum atomic E-state index is 12.6. The zero-order chi connectivity index (χ0) is 21.2. The Hall–Kier alpha value is -3.23. The van der Waals surface area contributed by atoms with E-state index in [2.05, 4.69) is 24.6 Å². The minimum atomic E-state index is -0.112. The Kier molecular flexibility index (Phi) is 5.40. The molecule has 7 nitrogen and oxygen atoms in total. The Balaban J connectivity index is 1.30. The van der Waals surface area contributed by atoms with E-state index in [4.69, 9.17) is 11.6 Å². The van der Waals surface area contributed by atoms with Crippen LogP contribution < -0.4 is 10.2 Å². The van der Waals surface area contributed by atoms with Gasteiger partial charge in [0, 0.05) is 42.5 Å². The van der Waals surface area contributed by atoms with Crippen molar-refractivity contribution >= 4 is 50.9 Å². The number of fused-ring (bicyclic) bond motifs is 1. The monoisotopic (exact) mass is 450 g/mol. The molecule has 2 aromatic heterocycles. The van der Waals surface area contributed by atoms with Gasteiger partial charge in [-0.25, -0.2) is 14.8 Å². The van der Waals surface area contributed by atoms with Gasteiger partial charge < -0.3 is 15.1 Å². The summed E-state index contributed by atoms with van der Waals surface area (Å²) in [6, 6.07) is 17.0. The first-order valence-electron chi connectivity index (χ1n) is 9.91. The molecule has 0 unspecified atom stereocenters. The Labute approximate surface area is 188 Å². The lowest BCUT2D eigenvalue weighted by Crippen LogP contribution is -2.50. The molecule has 4 aromatic rings. The molecule has 5 rings (SSSR count). The van der Waals surface area contributed by atoms with Gasteiger partial charge in [-0.1, -0.05) is 41.9 Å². The van der Waals surface area contributed by atoms with Gasteiger partial charge in [0.25, 0.3) is 0 Å². The van der Waals surface area contributed by atoms with Gasteiger partial charge in [-0.05, 0) is 35.8 Å². The van der Waals surface area contributed by atoms with E-state index in [0.29, 0.717) is 31.2 Å². The van der Waals surface area contributed by atoms with Crippen molar-refractivity contribution in [3.63, 3.8) is 0 Å². The molecule has 0 bridgehead atoms. The minimum Gasteiger partial charge on any atom is -0.352 e. The molecular weight excluding hydrogens is 432 g/mol. The van der Waals surface area contributed by atoms with Crippen molar-refractivity contribution in [3.05, 3.63) is 65.9 Å². The molecule has 156 valence electrons. The van der Waals surface area contributed by atoms with Crippen LogP contribution in [0.15, 0.2) is 60.9 Å². The highest BCUT2D eigenvalue weighted by atomic mass is 35.5. The van der Waals surface area contributed by atoms with Crippen molar-refractivity contribution in [3.8, 4) is 11.3 Å². The number of anilines is 2. The molecule has 0 radical (unpaired) electrons. The van der Waals surface area contributed by atoms with Crippen molar-refractivity contribution in [2.75, 3.05) is 36.4 Å². The van der Waals surface area contributed by atoms with Crippen molar-refractivity contribution in [2.24, 2.45) is 0 Å². The molecule has 1 fully saturated rings. The average Bonchev–Trinajstić information content (AvgIpc) is 3.26. The van der Waals surface area contributed by atoms with E-state index in [0.717, 1.165) is 33.0 Å². The van der Waals surface area contributed by atoms with Gasteiger partial charge >= 0.3 is 6.03 Å². The first-order chi connectivity index (χ1) is 15.2. The number of amides is 2. The summed E-state index contributed by atoms with van der Waals surface area (Å²) >= 11 is 7.33. The van der Waals surface area contributed by atoms with Gasteiger partial charge in [0.1, 0.15) is 22.2 Å². The maximum absolute atomic E-state index is 12.6. The predicted molar refractivity (Wildman–Crippen MR) is 125 cm³/mol. The van der Waals surface area contributed by atoms with E-state index in [1.54, 1.807) is 30.6 Å². The molecular formula is C22H19ClN6OS. The van der Waals surface area contributed by atoms with Gasteiger partial charge in [0.15, 0.2) is 5.82 Å². The highest BCUT2D eigenvalue weighted by Crippen LogP contribution is 2.34. The van der Waals surface area contributed by atoms with Gasteiger partial charge in [-0.3, -0.25) is 0 Å². The highest BCUT2D eigenvalue weighted by Gasteiger charge is 2.24. The number of carbonyl (C=O) groups is 1. The first kappa shape index (κ1) is 19.7. The summed E-state index contributed by atoms with van der Waals surface area (Å²) in [6.07, 6.45) is 1.60. The van der Waals surface area contributed by atoms with Gasteiger partial charge in [0.2, 0.25) is 0 Å². The number of carbonyl (C=O) groups excluding carboxylic acids is 1. The van der Waals surface area contributed by atoms with Crippen LogP contribution in [-0.2, 0) is 0 Å². The van der Waals surface area contributed by atoms with E-state index >= 15 is 0 Å². The number of hydrogen-bond acceptors (Lipinski definition) is 6. The maximum Gasteiger partial charge on any atom is 0.321 e. The van der Waals surface area contributed by atoms with Crippen LogP contribution in [0.1, 0.15) is 0 Å². The summed E-state index contributed by atoms with van der Waals surface area (Å²) in [5.41, 5.74) is 3.52. The summed E-state index contributed by atoms with van der Waals surface area (Å²) in [7, 11) is 0. The third-order valence-corrected chi connectivity index (χ3v) is 6.33. The summed E-state index contributed by atoms with van der Waals surface area (Å²) in [6.45, 7) is 2.60. The highest BCUT2D eigenvalue weighted by molar-refractivity contribution is 7.14. The fourth-order valence-corrected chi connectivity index (χ4v) is 4.62. The Bertz CT molecular complexity index is 1210. The molecule has 1 aliphatic rings. The zero-order valence-corrected chi connectivity index (χ0v) is 18.1. The van der Waals surface area contributed by atoms with Crippen LogP contribution in [0, 0.1) is 0 Å². The molecule has 2 aromatic carbocycles. The summed E-state index contributed by atoms with van der Waals surface area (Å²) in [5, 5.41) is 3.56. The molecule has 1 aliphatic heterocycles. The number of hydrogen-bond donors (Lipinski definition) is 1. The molecule has 0 atom stereocenters. The Morgan fingerprint density at radius 1 is 0.968 bits per heavy atom. The number of nitrogens with zero attached hydrogens (tertiary/aromatic N) is 5. The SMILES string of the molecule is O=C(Nc1ccc(Cl)cc1)N1CCN(c2ncnc3c(-c4ccccc4)nsc23)CC1. The number of piperazine rings is 1. The number of halogens is 1. The summed E-state index contributed by atoms with van der Waals surface area (Å²) in [5.74, 6) is 0.877. The van der Waals surface area contributed by atoms with Gasteiger partial charge in [0.05, 0.1) is 0 Å². The van der Waals surface area contributed by atoms with Crippen molar-refractivity contribution in [2.45, 2.75) is 0 Å². The summed E-state index contributed by atoms with van der Waals surface area (Å²) < 4.78 is 5.62. The molecule has 1 saturated heterocycles. The lowest BCUT2D eigenvalue weighted by atomic mass is 10.1. The fraction of sp³-hybridized carbons (Fsp3) is 0.182. The van der Waals surface area contributed by atoms with E-state index in [1.807, 2.05) is 35.2 Å². The summed E-state index contributed by atoms with van der Waals surface area (Å²) in [4.78, 5) is 25.6. The quantitative estimate of drug-likeness (QED) is 0.487. The first-order valence-corrected chi connectivity index (χ1v) is 11.1. The third-order valence-electron chi connectivity index (χ3n) is 5.25. The van der Waals surface area contributed by atoms with Crippen LogP contribution in [0.3, 0.4) is 0 Å². The second-order valence-electron chi connectivity index (χ2n) is 7.18.